The van der Waals surface area contributed by atoms with Crippen LogP contribution in [0, 0.1) is 0 Å². The average Bonchev–Trinajstić information content (AvgIpc) is 2.56. The van der Waals surface area contributed by atoms with Crippen molar-refractivity contribution in [3.05, 3.63) is 41.7 Å². The standard InChI is InChI=1S/C15H14N2O2/c18-15(19)7-10-17-13-4-2-1-3-11(13)12-5-8-16-9-6-14(12)17/h1-4,6,8-9H,5,7,10H2,(H,18,19). The topological polar surface area (TPSA) is 54.6 Å². The number of aromatic nitrogens is 1. The maximum Gasteiger partial charge on any atom is 0.305 e. The van der Waals surface area contributed by atoms with Crippen molar-refractivity contribution in [2.75, 3.05) is 0 Å². The van der Waals surface area contributed by atoms with Gasteiger partial charge in [-0.05, 0) is 17.7 Å². The summed E-state index contributed by atoms with van der Waals surface area (Å²) in [6.45, 7) is 0.482. The lowest BCUT2D eigenvalue weighted by Crippen LogP contribution is -2.06. The molecule has 1 aromatic heterocycles. The Labute approximate surface area is 110 Å². The number of benzene rings is 1. The van der Waals surface area contributed by atoms with Gasteiger partial charge in [0.1, 0.15) is 0 Å². The largest absolute Gasteiger partial charge is 0.481 e. The second kappa shape index (κ2) is 4.72. The summed E-state index contributed by atoms with van der Waals surface area (Å²) in [7, 11) is 0. The monoisotopic (exact) mass is 254 g/mol. The number of aryl methyl sites for hydroxylation is 1. The van der Waals surface area contributed by atoms with Gasteiger partial charge in [0.05, 0.1) is 6.42 Å². The Hall–Kier alpha value is -2.36. The number of carboxylic acids is 1. The number of hydrogen-bond donors (Lipinski definition) is 1. The Morgan fingerprint density at radius 2 is 2.21 bits per heavy atom. The predicted molar refractivity (Wildman–Crippen MR) is 75.4 cm³/mol. The number of para-hydroxylation sites is 1. The molecule has 1 aromatic carbocycles. The summed E-state index contributed by atoms with van der Waals surface area (Å²) in [5.41, 5.74) is 3.38. The molecule has 0 spiro atoms. The number of hydrogen-bond acceptors (Lipinski definition) is 2. The van der Waals surface area contributed by atoms with Gasteiger partial charge >= 0.3 is 5.97 Å². The number of aliphatic carboxylic acids is 1. The van der Waals surface area contributed by atoms with Crippen LogP contribution >= 0.6 is 0 Å². The Bertz CT molecular complexity index is 695. The lowest BCUT2D eigenvalue weighted by Gasteiger charge is -2.06. The van der Waals surface area contributed by atoms with E-state index in [-0.39, 0.29) is 6.42 Å². The minimum absolute atomic E-state index is 0.125. The summed E-state index contributed by atoms with van der Waals surface area (Å²) in [5.74, 6) is -0.777. The van der Waals surface area contributed by atoms with E-state index in [0.717, 1.165) is 17.6 Å². The van der Waals surface area contributed by atoms with E-state index in [0.29, 0.717) is 6.54 Å². The van der Waals surface area contributed by atoms with Crippen LogP contribution in [0.15, 0.2) is 35.5 Å². The first kappa shape index (κ1) is 11.7. The fourth-order valence-electron chi connectivity index (χ4n) is 2.57. The second-order valence-corrected chi connectivity index (χ2v) is 4.53. The van der Waals surface area contributed by atoms with Crippen molar-refractivity contribution in [3.63, 3.8) is 0 Å². The smallest absolute Gasteiger partial charge is 0.305 e. The SMILES string of the molecule is O=C(O)CCn1c2c(c3ccccc31)CC=NC=C2. The summed E-state index contributed by atoms with van der Waals surface area (Å²) in [6, 6.07) is 8.11. The number of nitrogens with zero attached hydrogens (tertiary/aromatic N) is 2. The van der Waals surface area contributed by atoms with Crippen LogP contribution in [0.1, 0.15) is 17.7 Å². The van der Waals surface area contributed by atoms with Crippen molar-refractivity contribution in [1.29, 1.82) is 0 Å². The van der Waals surface area contributed by atoms with Gasteiger partial charge < -0.3 is 9.67 Å². The van der Waals surface area contributed by atoms with Crippen LogP contribution in [0.3, 0.4) is 0 Å². The lowest BCUT2D eigenvalue weighted by molar-refractivity contribution is -0.137. The third kappa shape index (κ3) is 2.05. The van der Waals surface area contributed by atoms with E-state index in [1.807, 2.05) is 30.5 Å². The highest BCUT2D eigenvalue weighted by Gasteiger charge is 2.15. The van der Waals surface area contributed by atoms with Crippen molar-refractivity contribution in [3.8, 4) is 0 Å². The van der Waals surface area contributed by atoms with E-state index in [1.54, 1.807) is 6.20 Å². The number of fused-ring (bicyclic) bond motifs is 3. The van der Waals surface area contributed by atoms with Crippen LogP contribution in [0.4, 0.5) is 0 Å². The summed E-state index contributed by atoms with van der Waals surface area (Å²) >= 11 is 0. The van der Waals surface area contributed by atoms with Crippen LogP contribution in [-0.4, -0.2) is 21.9 Å². The van der Waals surface area contributed by atoms with Crippen LogP contribution < -0.4 is 0 Å². The van der Waals surface area contributed by atoms with E-state index >= 15 is 0 Å². The van der Waals surface area contributed by atoms with Gasteiger partial charge in [0.25, 0.3) is 0 Å². The molecule has 4 nitrogen and oxygen atoms in total. The molecule has 2 heterocycles. The lowest BCUT2D eigenvalue weighted by atomic mass is 10.1. The van der Waals surface area contributed by atoms with Crippen LogP contribution in [0.2, 0.25) is 0 Å². The first-order chi connectivity index (χ1) is 9.27. The highest BCUT2D eigenvalue weighted by Crippen LogP contribution is 2.28. The van der Waals surface area contributed by atoms with Crippen molar-refractivity contribution >= 4 is 29.2 Å². The van der Waals surface area contributed by atoms with Gasteiger partial charge in [-0.1, -0.05) is 18.2 Å². The minimum Gasteiger partial charge on any atom is -0.481 e. The first-order valence-electron chi connectivity index (χ1n) is 6.27. The van der Waals surface area contributed by atoms with Crippen LogP contribution in [-0.2, 0) is 17.8 Å². The summed E-state index contributed by atoms with van der Waals surface area (Å²) in [4.78, 5) is 15.0. The van der Waals surface area contributed by atoms with Gasteiger partial charge in [0, 0.05) is 42.0 Å². The van der Waals surface area contributed by atoms with Crippen molar-refractivity contribution in [2.24, 2.45) is 4.99 Å². The Balaban J connectivity index is 2.18. The Morgan fingerprint density at radius 3 is 3.05 bits per heavy atom. The predicted octanol–water partition coefficient (Wildman–Crippen LogP) is 2.71. The molecule has 0 amide bonds. The van der Waals surface area contributed by atoms with Crippen molar-refractivity contribution < 1.29 is 9.90 Å². The number of carbonyl (C=O) groups is 1. The summed E-state index contributed by atoms with van der Waals surface area (Å²) < 4.78 is 2.07. The fourth-order valence-corrected chi connectivity index (χ4v) is 2.57. The molecule has 0 atom stereocenters. The molecule has 0 radical (unpaired) electrons. The highest BCUT2D eigenvalue weighted by atomic mass is 16.4. The quantitative estimate of drug-likeness (QED) is 0.915. The molecule has 1 aliphatic heterocycles. The molecule has 0 aliphatic carbocycles. The van der Waals surface area contributed by atoms with E-state index in [2.05, 4.69) is 15.6 Å². The molecule has 0 unspecified atom stereocenters. The molecule has 96 valence electrons. The third-order valence-electron chi connectivity index (χ3n) is 3.39. The molecular formula is C15H14N2O2. The number of aliphatic imine (C=N–C) groups is 1. The summed E-state index contributed by atoms with van der Waals surface area (Å²) in [5, 5.41) is 10.1. The van der Waals surface area contributed by atoms with E-state index in [9.17, 15) is 4.79 Å². The molecule has 0 saturated carbocycles. The zero-order chi connectivity index (χ0) is 13.2. The van der Waals surface area contributed by atoms with Gasteiger partial charge in [-0.2, -0.15) is 0 Å². The Kier molecular flexibility index (Phi) is 2.91. The normalized spacial score (nSPS) is 13.5. The van der Waals surface area contributed by atoms with E-state index in [4.69, 9.17) is 5.11 Å². The van der Waals surface area contributed by atoms with Crippen molar-refractivity contribution in [2.45, 2.75) is 19.4 Å². The van der Waals surface area contributed by atoms with Crippen LogP contribution in [0.25, 0.3) is 17.0 Å². The average molecular weight is 254 g/mol. The summed E-state index contributed by atoms with van der Waals surface area (Å²) in [6.07, 6.45) is 6.52. The molecule has 3 rings (SSSR count). The highest BCUT2D eigenvalue weighted by molar-refractivity contribution is 5.91. The Morgan fingerprint density at radius 1 is 1.37 bits per heavy atom. The zero-order valence-corrected chi connectivity index (χ0v) is 10.4. The maximum absolute atomic E-state index is 10.8. The fraction of sp³-hybridized carbons (Fsp3) is 0.200. The van der Waals surface area contributed by atoms with Gasteiger partial charge in [-0.3, -0.25) is 9.79 Å². The molecule has 0 saturated heterocycles. The number of carboxylic acid groups (broad SMARTS) is 1. The molecule has 4 heteroatoms. The molecule has 1 N–H and O–H groups in total. The molecule has 19 heavy (non-hydrogen) atoms. The van der Waals surface area contributed by atoms with Gasteiger partial charge in [0.2, 0.25) is 0 Å². The minimum atomic E-state index is -0.777. The molecular weight excluding hydrogens is 240 g/mol. The second-order valence-electron chi connectivity index (χ2n) is 4.53. The molecule has 0 bridgehead atoms. The van der Waals surface area contributed by atoms with Crippen LogP contribution in [0.5, 0.6) is 0 Å². The third-order valence-corrected chi connectivity index (χ3v) is 3.39. The van der Waals surface area contributed by atoms with E-state index in [1.165, 1.54) is 10.9 Å². The molecule has 1 aliphatic rings. The van der Waals surface area contributed by atoms with E-state index < -0.39 is 5.97 Å². The zero-order valence-electron chi connectivity index (χ0n) is 10.4. The van der Waals surface area contributed by atoms with Gasteiger partial charge in [0.15, 0.2) is 0 Å². The van der Waals surface area contributed by atoms with Crippen molar-refractivity contribution in [1.82, 2.24) is 4.57 Å². The molecule has 0 fully saturated rings. The molecule has 2 aromatic rings. The number of rotatable bonds is 3. The van der Waals surface area contributed by atoms with Gasteiger partial charge in [-0.15, -0.1) is 0 Å². The maximum atomic E-state index is 10.8. The van der Waals surface area contributed by atoms with Gasteiger partial charge in [-0.25, -0.2) is 0 Å². The first-order valence-corrected chi connectivity index (χ1v) is 6.27.